The molecule has 3 atom stereocenters. The maximum atomic E-state index is 9.81. The predicted molar refractivity (Wildman–Crippen MR) is 120 cm³/mol. The molecular weight excluding hydrogens is 430 g/mol. The normalized spacial score (nSPS) is 19.7. The number of benzene rings is 1. The van der Waals surface area contributed by atoms with E-state index in [2.05, 4.69) is 51.0 Å². The van der Waals surface area contributed by atoms with Crippen LogP contribution in [-0.2, 0) is 11.2 Å². The zero-order valence-electron chi connectivity index (χ0n) is 16.9. The van der Waals surface area contributed by atoms with E-state index in [1.165, 1.54) is 5.56 Å². The third-order valence-corrected chi connectivity index (χ3v) is 5.61. The zero-order valence-corrected chi connectivity index (χ0v) is 18.5. The van der Waals surface area contributed by atoms with E-state index in [9.17, 15) is 5.11 Å². The van der Waals surface area contributed by atoms with Crippen LogP contribution in [-0.4, -0.2) is 47.6 Å². The topological polar surface area (TPSA) is 66.7 Å². The fourth-order valence-electron chi connectivity index (χ4n) is 3.56. The third-order valence-electron chi connectivity index (χ3n) is 5.12. The van der Waals surface area contributed by atoms with E-state index >= 15 is 0 Å². The van der Waals surface area contributed by atoms with E-state index in [0.717, 1.165) is 46.5 Å². The summed E-state index contributed by atoms with van der Waals surface area (Å²) in [5.41, 5.74) is 4.07. The molecule has 3 rings (SSSR count). The van der Waals surface area contributed by atoms with E-state index in [1.807, 2.05) is 18.2 Å². The van der Waals surface area contributed by atoms with Crippen molar-refractivity contribution >= 4 is 21.6 Å². The molecule has 0 bridgehead atoms. The lowest BCUT2D eigenvalue weighted by molar-refractivity contribution is 0.182. The Morgan fingerprint density at radius 3 is 2.90 bits per heavy atom. The van der Waals surface area contributed by atoms with Crippen molar-refractivity contribution in [1.82, 2.24) is 10.3 Å². The summed E-state index contributed by atoms with van der Waals surface area (Å²) in [6, 6.07) is 12.3. The molecule has 0 amide bonds. The van der Waals surface area contributed by atoms with Gasteiger partial charge in [-0.25, -0.2) is 0 Å². The minimum atomic E-state index is -0.420. The average molecular weight is 458 g/mol. The van der Waals surface area contributed by atoms with Crippen molar-refractivity contribution in [3.63, 3.8) is 0 Å². The standard InChI is InChI=1S/C23H28BrN3O2/c1-15(28)14-26-22-12-17-8-9-18(24)13-19(17)23(21-6-4-5-11-25-21)27-20(22)10-7-16(2)29-3/h4-6,8-9,11,13,15,20,22,26,28H,2,7,10,12,14H2,1,3H3/t15?,20-,22?/m0/s1. The molecule has 154 valence electrons. The van der Waals surface area contributed by atoms with Gasteiger partial charge in [0.1, 0.15) is 0 Å². The van der Waals surface area contributed by atoms with Gasteiger partial charge in [-0.1, -0.05) is 34.6 Å². The lowest BCUT2D eigenvalue weighted by Gasteiger charge is -2.25. The van der Waals surface area contributed by atoms with Crippen LogP contribution in [0.1, 0.15) is 36.6 Å². The van der Waals surface area contributed by atoms with E-state index < -0.39 is 6.10 Å². The van der Waals surface area contributed by atoms with Gasteiger partial charge in [-0.2, -0.15) is 0 Å². The highest BCUT2D eigenvalue weighted by molar-refractivity contribution is 9.10. The number of aromatic nitrogens is 1. The Kier molecular flexibility index (Phi) is 7.58. The molecule has 0 saturated heterocycles. The number of aliphatic hydroxyl groups is 1. The number of allylic oxidation sites excluding steroid dienone is 1. The van der Waals surface area contributed by atoms with Crippen molar-refractivity contribution in [2.45, 2.75) is 44.4 Å². The zero-order chi connectivity index (χ0) is 20.8. The second kappa shape index (κ2) is 10.1. The molecule has 0 fully saturated rings. The van der Waals surface area contributed by atoms with Gasteiger partial charge in [0, 0.05) is 35.2 Å². The molecule has 1 aliphatic heterocycles. The fourth-order valence-corrected chi connectivity index (χ4v) is 3.92. The SMILES string of the molecule is C=C(CC[C@@H]1N=C(c2ccccn2)c2cc(Br)ccc2CC1NCC(C)O)OC. The van der Waals surface area contributed by atoms with Gasteiger partial charge >= 0.3 is 0 Å². The third kappa shape index (κ3) is 5.75. The molecule has 0 saturated carbocycles. The Balaban J connectivity index is 2.04. The van der Waals surface area contributed by atoms with Crippen molar-refractivity contribution in [2.24, 2.45) is 4.99 Å². The number of hydrogen-bond acceptors (Lipinski definition) is 5. The lowest BCUT2D eigenvalue weighted by atomic mass is 9.94. The minimum Gasteiger partial charge on any atom is -0.502 e. The number of ether oxygens (including phenoxy) is 1. The summed E-state index contributed by atoms with van der Waals surface area (Å²) in [5, 5.41) is 13.3. The average Bonchev–Trinajstić information content (AvgIpc) is 2.87. The van der Waals surface area contributed by atoms with Gasteiger partial charge < -0.3 is 15.2 Å². The second-order valence-electron chi connectivity index (χ2n) is 7.41. The van der Waals surface area contributed by atoms with Crippen molar-refractivity contribution < 1.29 is 9.84 Å². The molecule has 2 N–H and O–H groups in total. The minimum absolute atomic E-state index is 0.00355. The summed E-state index contributed by atoms with van der Waals surface area (Å²) in [4.78, 5) is 9.76. The Bertz CT molecular complexity index is 868. The molecule has 0 spiro atoms. The summed E-state index contributed by atoms with van der Waals surface area (Å²) in [5.74, 6) is 0.748. The molecule has 6 heteroatoms. The Hall–Kier alpha value is -2.02. The number of rotatable bonds is 8. The highest BCUT2D eigenvalue weighted by atomic mass is 79.9. The highest BCUT2D eigenvalue weighted by Crippen LogP contribution is 2.27. The maximum Gasteiger partial charge on any atom is 0.0910 e. The summed E-state index contributed by atoms with van der Waals surface area (Å²) >= 11 is 3.60. The predicted octanol–water partition coefficient (Wildman–Crippen LogP) is 3.89. The van der Waals surface area contributed by atoms with E-state index in [-0.39, 0.29) is 12.1 Å². The number of aliphatic hydroxyl groups excluding tert-OH is 1. The van der Waals surface area contributed by atoms with Crippen LogP contribution in [0.5, 0.6) is 0 Å². The fraction of sp³-hybridized carbons (Fsp3) is 0.391. The van der Waals surface area contributed by atoms with Crippen LogP contribution in [0.3, 0.4) is 0 Å². The molecule has 0 aliphatic carbocycles. The van der Waals surface area contributed by atoms with Gasteiger partial charge in [-0.15, -0.1) is 0 Å². The molecular formula is C23H28BrN3O2. The van der Waals surface area contributed by atoms with E-state index in [4.69, 9.17) is 9.73 Å². The van der Waals surface area contributed by atoms with Crippen LogP contribution < -0.4 is 5.32 Å². The van der Waals surface area contributed by atoms with Crippen molar-refractivity contribution in [3.8, 4) is 0 Å². The summed E-state index contributed by atoms with van der Waals surface area (Å²) in [6.45, 7) is 6.27. The van der Waals surface area contributed by atoms with Gasteiger partial charge in [-0.3, -0.25) is 9.98 Å². The molecule has 1 aromatic heterocycles. The number of pyridine rings is 1. The van der Waals surface area contributed by atoms with Crippen molar-refractivity contribution in [1.29, 1.82) is 0 Å². The monoisotopic (exact) mass is 457 g/mol. The second-order valence-corrected chi connectivity index (χ2v) is 8.33. The first-order chi connectivity index (χ1) is 14.0. The number of aliphatic imine (C=N–C) groups is 1. The van der Waals surface area contributed by atoms with Gasteiger partial charge in [0.2, 0.25) is 0 Å². The number of fused-ring (bicyclic) bond motifs is 1. The Morgan fingerprint density at radius 2 is 2.21 bits per heavy atom. The largest absolute Gasteiger partial charge is 0.502 e. The highest BCUT2D eigenvalue weighted by Gasteiger charge is 2.28. The van der Waals surface area contributed by atoms with Crippen molar-refractivity contribution in [3.05, 3.63) is 76.2 Å². The number of methoxy groups -OCH3 is 1. The molecule has 2 aromatic rings. The number of nitrogens with one attached hydrogen (secondary N) is 1. The first kappa shape index (κ1) is 21.7. The van der Waals surface area contributed by atoms with Crippen LogP contribution in [0.25, 0.3) is 0 Å². The number of nitrogens with zero attached hydrogens (tertiary/aromatic N) is 2. The lowest BCUT2D eigenvalue weighted by Crippen LogP contribution is -2.43. The van der Waals surface area contributed by atoms with Crippen LogP contribution >= 0.6 is 15.9 Å². The first-order valence-electron chi connectivity index (χ1n) is 9.89. The van der Waals surface area contributed by atoms with Crippen LogP contribution in [0.4, 0.5) is 0 Å². The molecule has 1 aliphatic rings. The molecule has 2 unspecified atom stereocenters. The first-order valence-corrected chi connectivity index (χ1v) is 10.7. The molecule has 29 heavy (non-hydrogen) atoms. The van der Waals surface area contributed by atoms with Gasteiger partial charge in [0.15, 0.2) is 0 Å². The molecule has 1 aromatic carbocycles. The summed E-state index contributed by atoms with van der Waals surface area (Å²) < 4.78 is 6.29. The molecule has 2 heterocycles. The smallest absolute Gasteiger partial charge is 0.0910 e. The van der Waals surface area contributed by atoms with Crippen molar-refractivity contribution in [2.75, 3.05) is 13.7 Å². The number of halogens is 1. The van der Waals surface area contributed by atoms with Crippen LogP contribution in [0, 0.1) is 0 Å². The van der Waals surface area contributed by atoms with Gasteiger partial charge in [0.25, 0.3) is 0 Å². The summed E-state index contributed by atoms with van der Waals surface area (Å²) in [7, 11) is 1.65. The van der Waals surface area contributed by atoms with Crippen LogP contribution in [0.2, 0.25) is 0 Å². The van der Waals surface area contributed by atoms with E-state index in [0.29, 0.717) is 6.54 Å². The Labute approximate surface area is 181 Å². The van der Waals surface area contributed by atoms with Crippen LogP contribution in [0.15, 0.2) is 64.4 Å². The number of hydrogen-bond donors (Lipinski definition) is 2. The van der Waals surface area contributed by atoms with E-state index in [1.54, 1.807) is 20.2 Å². The molecule has 0 radical (unpaired) electrons. The quantitative estimate of drug-likeness (QED) is 0.590. The Morgan fingerprint density at radius 1 is 1.38 bits per heavy atom. The maximum absolute atomic E-state index is 9.81. The summed E-state index contributed by atoms with van der Waals surface area (Å²) in [6.07, 6.45) is 3.73. The van der Waals surface area contributed by atoms with Gasteiger partial charge in [-0.05, 0) is 49.6 Å². The molecule has 5 nitrogen and oxygen atoms in total. The van der Waals surface area contributed by atoms with Gasteiger partial charge in [0.05, 0.1) is 36.4 Å².